The molecule has 5 heteroatoms. The number of hydrogen-bond donors (Lipinski definition) is 1. The van der Waals surface area contributed by atoms with Gasteiger partial charge >= 0.3 is 5.97 Å². The van der Waals surface area contributed by atoms with Crippen LogP contribution in [0.15, 0.2) is 12.1 Å². The SMILES string of the molecule is CCC[C@H]1CCCN1C(=O)c1cc(C(=O)O)cc(C)n1. The maximum atomic E-state index is 12.5. The van der Waals surface area contributed by atoms with E-state index in [4.69, 9.17) is 5.11 Å². The van der Waals surface area contributed by atoms with Crippen LogP contribution in [0.1, 0.15) is 59.1 Å². The summed E-state index contributed by atoms with van der Waals surface area (Å²) in [4.78, 5) is 29.6. The lowest BCUT2D eigenvalue weighted by molar-refractivity contribution is 0.0696. The second-order valence-corrected chi connectivity index (χ2v) is 5.27. The first-order chi connectivity index (χ1) is 9.52. The van der Waals surface area contributed by atoms with Gasteiger partial charge in [0.25, 0.3) is 5.91 Å². The van der Waals surface area contributed by atoms with Crippen LogP contribution >= 0.6 is 0 Å². The van der Waals surface area contributed by atoms with Crippen LogP contribution in [0.3, 0.4) is 0 Å². The number of rotatable bonds is 4. The number of aryl methyl sites for hydroxylation is 1. The summed E-state index contributed by atoms with van der Waals surface area (Å²) in [6.07, 6.45) is 4.06. The number of carbonyl (C=O) groups is 2. The molecule has 1 amide bonds. The lowest BCUT2D eigenvalue weighted by Gasteiger charge is -2.24. The fraction of sp³-hybridized carbons (Fsp3) is 0.533. The molecule has 0 unspecified atom stereocenters. The molecule has 2 rings (SSSR count). The van der Waals surface area contributed by atoms with Crippen molar-refractivity contribution in [3.63, 3.8) is 0 Å². The average molecular weight is 276 g/mol. The van der Waals surface area contributed by atoms with Gasteiger partial charge in [0, 0.05) is 18.3 Å². The number of pyridine rings is 1. The molecule has 0 aliphatic carbocycles. The molecule has 0 spiro atoms. The summed E-state index contributed by atoms with van der Waals surface area (Å²) in [5, 5.41) is 9.06. The predicted molar refractivity (Wildman–Crippen MR) is 74.9 cm³/mol. The molecule has 1 aromatic heterocycles. The van der Waals surface area contributed by atoms with E-state index in [2.05, 4.69) is 11.9 Å². The Labute approximate surface area is 118 Å². The van der Waals surface area contributed by atoms with Crippen molar-refractivity contribution in [2.75, 3.05) is 6.54 Å². The molecule has 0 radical (unpaired) electrons. The minimum Gasteiger partial charge on any atom is -0.478 e. The van der Waals surface area contributed by atoms with Gasteiger partial charge in [0.15, 0.2) is 0 Å². The molecule has 2 heterocycles. The van der Waals surface area contributed by atoms with Gasteiger partial charge in [0.05, 0.1) is 5.56 Å². The Kier molecular flexibility index (Phi) is 4.37. The highest BCUT2D eigenvalue weighted by Gasteiger charge is 2.29. The predicted octanol–water partition coefficient (Wildman–Crippen LogP) is 2.49. The number of aromatic nitrogens is 1. The third kappa shape index (κ3) is 2.98. The van der Waals surface area contributed by atoms with Crippen LogP contribution in [-0.2, 0) is 0 Å². The minimum absolute atomic E-state index is 0.118. The lowest BCUT2D eigenvalue weighted by Crippen LogP contribution is -2.36. The van der Waals surface area contributed by atoms with Crippen molar-refractivity contribution in [1.29, 1.82) is 0 Å². The van der Waals surface area contributed by atoms with Crippen LogP contribution < -0.4 is 0 Å². The standard InChI is InChI=1S/C15H20N2O3/c1-3-5-12-6-4-7-17(12)14(18)13-9-11(15(19)20)8-10(2)16-13/h8-9,12H,3-7H2,1-2H3,(H,19,20)/t12-/m0/s1. The molecule has 1 fully saturated rings. The normalized spacial score (nSPS) is 18.3. The lowest BCUT2D eigenvalue weighted by atomic mass is 10.1. The minimum atomic E-state index is -1.03. The van der Waals surface area contributed by atoms with Crippen molar-refractivity contribution in [3.05, 3.63) is 29.1 Å². The molecular weight excluding hydrogens is 256 g/mol. The molecule has 1 aliphatic rings. The summed E-state index contributed by atoms with van der Waals surface area (Å²) >= 11 is 0. The molecule has 0 aromatic carbocycles. The summed E-state index contributed by atoms with van der Waals surface area (Å²) in [7, 11) is 0. The molecular formula is C15H20N2O3. The Morgan fingerprint density at radius 3 is 2.85 bits per heavy atom. The number of carboxylic acid groups (broad SMARTS) is 1. The third-order valence-corrected chi connectivity index (χ3v) is 3.68. The smallest absolute Gasteiger partial charge is 0.335 e. The van der Waals surface area contributed by atoms with Crippen LogP contribution in [0, 0.1) is 6.92 Å². The van der Waals surface area contributed by atoms with Crippen LogP contribution in [0.4, 0.5) is 0 Å². The van der Waals surface area contributed by atoms with Gasteiger partial charge < -0.3 is 10.0 Å². The topological polar surface area (TPSA) is 70.5 Å². The zero-order chi connectivity index (χ0) is 14.7. The molecule has 1 aliphatic heterocycles. The number of aromatic carboxylic acids is 1. The number of hydrogen-bond acceptors (Lipinski definition) is 3. The molecule has 1 aromatic rings. The van der Waals surface area contributed by atoms with Crippen LogP contribution in [-0.4, -0.2) is 39.5 Å². The van der Waals surface area contributed by atoms with Crippen LogP contribution in [0.5, 0.6) is 0 Å². The number of carbonyl (C=O) groups excluding carboxylic acids is 1. The zero-order valence-corrected chi connectivity index (χ0v) is 11.9. The van der Waals surface area contributed by atoms with Crippen molar-refractivity contribution in [2.24, 2.45) is 0 Å². The fourth-order valence-corrected chi connectivity index (χ4v) is 2.79. The van der Waals surface area contributed by atoms with Gasteiger partial charge in [0.1, 0.15) is 5.69 Å². The summed E-state index contributed by atoms with van der Waals surface area (Å²) in [6, 6.07) is 3.12. The van der Waals surface area contributed by atoms with Crippen molar-refractivity contribution in [3.8, 4) is 0 Å². The van der Waals surface area contributed by atoms with Gasteiger partial charge in [-0.25, -0.2) is 9.78 Å². The van der Waals surface area contributed by atoms with Gasteiger partial charge in [-0.3, -0.25) is 4.79 Å². The maximum Gasteiger partial charge on any atom is 0.335 e. The van der Waals surface area contributed by atoms with E-state index in [9.17, 15) is 9.59 Å². The molecule has 5 nitrogen and oxygen atoms in total. The summed E-state index contributed by atoms with van der Waals surface area (Å²) in [6.45, 7) is 4.55. The van der Waals surface area contributed by atoms with Crippen molar-refractivity contribution in [2.45, 2.75) is 45.6 Å². The van der Waals surface area contributed by atoms with E-state index in [-0.39, 0.29) is 23.2 Å². The number of carboxylic acids is 1. The van der Waals surface area contributed by atoms with Gasteiger partial charge in [-0.2, -0.15) is 0 Å². The second kappa shape index (κ2) is 6.03. The summed E-state index contributed by atoms with van der Waals surface area (Å²) in [5.41, 5.74) is 0.914. The quantitative estimate of drug-likeness (QED) is 0.917. The number of likely N-dealkylation sites (tertiary alicyclic amines) is 1. The van der Waals surface area contributed by atoms with E-state index in [1.807, 2.05) is 4.90 Å². The molecule has 20 heavy (non-hydrogen) atoms. The highest BCUT2D eigenvalue weighted by atomic mass is 16.4. The Bertz CT molecular complexity index is 528. The highest BCUT2D eigenvalue weighted by molar-refractivity contribution is 5.96. The van der Waals surface area contributed by atoms with E-state index in [0.717, 1.165) is 32.2 Å². The third-order valence-electron chi connectivity index (χ3n) is 3.68. The fourth-order valence-electron chi connectivity index (χ4n) is 2.79. The van der Waals surface area contributed by atoms with Crippen molar-refractivity contribution < 1.29 is 14.7 Å². The van der Waals surface area contributed by atoms with E-state index >= 15 is 0 Å². The number of amides is 1. The van der Waals surface area contributed by atoms with E-state index < -0.39 is 5.97 Å². The van der Waals surface area contributed by atoms with Gasteiger partial charge in [-0.05, 0) is 38.3 Å². The van der Waals surface area contributed by atoms with E-state index in [1.54, 1.807) is 6.92 Å². The first-order valence-electron chi connectivity index (χ1n) is 7.06. The maximum absolute atomic E-state index is 12.5. The van der Waals surface area contributed by atoms with Gasteiger partial charge in [-0.1, -0.05) is 13.3 Å². The Morgan fingerprint density at radius 1 is 1.45 bits per heavy atom. The van der Waals surface area contributed by atoms with Crippen molar-refractivity contribution in [1.82, 2.24) is 9.88 Å². The Hall–Kier alpha value is -1.91. The molecule has 0 saturated carbocycles. The molecule has 0 bridgehead atoms. The largest absolute Gasteiger partial charge is 0.478 e. The average Bonchev–Trinajstić information content (AvgIpc) is 2.85. The van der Waals surface area contributed by atoms with E-state index in [1.165, 1.54) is 12.1 Å². The van der Waals surface area contributed by atoms with Gasteiger partial charge in [-0.15, -0.1) is 0 Å². The molecule has 1 saturated heterocycles. The molecule has 1 N–H and O–H groups in total. The summed E-state index contributed by atoms with van der Waals surface area (Å²) in [5.74, 6) is -1.18. The van der Waals surface area contributed by atoms with Gasteiger partial charge in [0.2, 0.25) is 0 Å². The Balaban J connectivity index is 2.26. The van der Waals surface area contributed by atoms with Crippen LogP contribution in [0.2, 0.25) is 0 Å². The molecule has 1 atom stereocenters. The Morgan fingerprint density at radius 2 is 2.20 bits per heavy atom. The zero-order valence-electron chi connectivity index (χ0n) is 11.9. The second-order valence-electron chi connectivity index (χ2n) is 5.27. The first kappa shape index (κ1) is 14.5. The van der Waals surface area contributed by atoms with Crippen LogP contribution in [0.25, 0.3) is 0 Å². The number of nitrogens with zero attached hydrogens (tertiary/aromatic N) is 2. The van der Waals surface area contributed by atoms with E-state index in [0.29, 0.717) is 5.69 Å². The monoisotopic (exact) mass is 276 g/mol. The summed E-state index contributed by atoms with van der Waals surface area (Å²) < 4.78 is 0. The molecule has 108 valence electrons. The van der Waals surface area contributed by atoms with Crippen molar-refractivity contribution >= 4 is 11.9 Å². The highest BCUT2D eigenvalue weighted by Crippen LogP contribution is 2.23. The first-order valence-corrected chi connectivity index (χ1v) is 7.06.